The molecule has 1 unspecified atom stereocenters. The standard InChI is InChI=1S/C22H31FN4OS.HI/c1-3-24-22(26(2)11-10-20-5-4-16-29-20)25-17-21(27-12-14-28-15-13-27)18-6-8-19(23)9-7-18;/h4-9,16,21H,3,10-15,17H2,1-2H3,(H,24,25);1H. The first-order valence-electron chi connectivity index (χ1n) is 10.3. The molecule has 0 spiro atoms. The molecule has 1 atom stereocenters. The molecule has 1 saturated heterocycles. The minimum Gasteiger partial charge on any atom is -0.379 e. The van der Waals surface area contributed by atoms with Gasteiger partial charge in [-0.15, -0.1) is 35.3 Å². The van der Waals surface area contributed by atoms with E-state index in [1.54, 1.807) is 11.3 Å². The smallest absolute Gasteiger partial charge is 0.193 e. The highest BCUT2D eigenvalue weighted by atomic mass is 127. The summed E-state index contributed by atoms with van der Waals surface area (Å²) in [5.41, 5.74) is 1.09. The second-order valence-electron chi connectivity index (χ2n) is 7.16. The van der Waals surface area contributed by atoms with E-state index in [-0.39, 0.29) is 35.8 Å². The molecule has 2 heterocycles. The number of benzene rings is 1. The van der Waals surface area contributed by atoms with Crippen LogP contribution in [0, 0.1) is 5.82 Å². The predicted octanol–water partition coefficient (Wildman–Crippen LogP) is 4.02. The van der Waals surface area contributed by atoms with E-state index in [0.29, 0.717) is 6.54 Å². The lowest BCUT2D eigenvalue weighted by atomic mass is 10.0. The van der Waals surface area contributed by atoms with E-state index in [1.807, 2.05) is 12.1 Å². The monoisotopic (exact) mass is 546 g/mol. The van der Waals surface area contributed by atoms with Gasteiger partial charge in [0.1, 0.15) is 5.82 Å². The zero-order valence-corrected chi connectivity index (χ0v) is 20.9. The van der Waals surface area contributed by atoms with Gasteiger partial charge < -0.3 is 15.0 Å². The fraction of sp³-hybridized carbons (Fsp3) is 0.500. The number of aliphatic imine (C=N–C) groups is 1. The van der Waals surface area contributed by atoms with Gasteiger partial charge in [-0.2, -0.15) is 0 Å². The molecule has 0 amide bonds. The van der Waals surface area contributed by atoms with Gasteiger partial charge in [-0.05, 0) is 42.5 Å². The van der Waals surface area contributed by atoms with Gasteiger partial charge >= 0.3 is 0 Å². The third-order valence-corrected chi connectivity index (χ3v) is 6.06. The summed E-state index contributed by atoms with van der Waals surface area (Å²) in [6, 6.07) is 11.2. The average Bonchev–Trinajstić information content (AvgIpc) is 3.27. The summed E-state index contributed by atoms with van der Waals surface area (Å²) in [4.78, 5) is 10.9. The number of ether oxygens (including phenoxy) is 1. The Morgan fingerprint density at radius 1 is 1.27 bits per heavy atom. The predicted molar refractivity (Wildman–Crippen MR) is 134 cm³/mol. The number of rotatable bonds is 8. The number of likely N-dealkylation sites (N-methyl/N-ethyl adjacent to an activating group) is 1. The van der Waals surface area contributed by atoms with E-state index in [0.717, 1.165) is 57.3 Å². The Labute approximate surface area is 200 Å². The molecule has 1 aromatic carbocycles. The van der Waals surface area contributed by atoms with Gasteiger partial charge in [0.05, 0.1) is 25.8 Å². The van der Waals surface area contributed by atoms with Crippen molar-refractivity contribution in [3.05, 3.63) is 58.0 Å². The maximum absolute atomic E-state index is 13.4. The number of hydrogen-bond donors (Lipinski definition) is 1. The maximum Gasteiger partial charge on any atom is 0.193 e. The summed E-state index contributed by atoms with van der Waals surface area (Å²) in [7, 11) is 2.08. The van der Waals surface area contributed by atoms with Crippen LogP contribution in [0.15, 0.2) is 46.8 Å². The van der Waals surface area contributed by atoms with E-state index in [4.69, 9.17) is 9.73 Å². The summed E-state index contributed by atoms with van der Waals surface area (Å²) in [5.74, 6) is 0.698. The highest BCUT2D eigenvalue weighted by molar-refractivity contribution is 14.0. The molecular formula is C22H32FIN4OS. The Kier molecular flexibility index (Phi) is 11.0. The summed E-state index contributed by atoms with van der Waals surface area (Å²) in [5, 5.41) is 5.52. The van der Waals surface area contributed by atoms with Crippen molar-refractivity contribution >= 4 is 41.3 Å². The van der Waals surface area contributed by atoms with Crippen molar-refractivity contribution in [3.8, 4) is 0 Å². The molecule has 0 saturated carbocycles. The summed E-state index contributed by atoms with van der Waals surface area (Å²) >= 11 is 1.79. The number of halogens is 2. The first kappa shape index (κ1) is 25.0. The van der Waals surface area contributed by atoms with Crippen LogP contribution in [-0.2, 0) is 11.2 Å². The Morgan fingerprint density at radius 2 is 2.00 bits per heavy atom. The first-order chi connectivity index (χ1) is 14.2. The molecule has 2 aromatic rings. The molecule has 30 heavy (non-hydrogen) atoms. The van der Waals surface area contributed by atoms with Gasteiger partial charge in [-0.1, -0.05) is 18.2 Å². The molecular weight excluding hydrogens is 514 g/mol. The molecule has 1 N–H and O–H groups in total. The van der Waals surface area contributed by atoms with Crippen molar-refractivity contribution in [2.24, 2.45) is 4.99 Å². The largest absolute Gasteiger partial charge is 0.379 e. The highest BCUT2D eigenvalue weighted by Crippen LogP contribution is 2.23. The highest BCUT2D eigenvalue weighted by Gasteiger charge is 2.23. The molecule has 166 valence electrons. The maximum atomic E-state index is 13.4. The molecule has 1 aromatic heterocycles. The van der Waals surface area contributed by atoms with Crippen molar-refractivity contribution in [2.75, 3.05) is 53.0 Å². The number of nitrogens with zero attached hydrogens (tertiary/aromatic N) is 3. The lowest BCUT2D eigenvalue weighted by molar-refractivity contribution is 0.0179. The summed E-state index contributed by atoms with van der Waals surface area (Å²) in [6.07, 6.45) is 1.00. The van der Waals surface area contributed by atoms with Crippen molar-refractivity contribution in [3.63, 3.8) is 0 Å². The molecule has 0 bridgehead atoms. The number of thiophene rings is 1. The first-order valence-corrected chi connectivity index (χ1v) is 11.1. The fourth-order valence-electron chi connectivity index (χ4n) is 3.49. The molecule has 1 aliphatic heterocycles. The van der Waals surface area contributed by atoms with Crippen LogP contribution in [0.1, 0.15) is 23.4 Å². The number of nitrogens with one attached hydrogen (secondary N) is 1. The van der Waals surface area contributed by atoms with Crippen LogP contribution in [0.5, 0.6) is 0 Å². The van der Waals surface area contributed by atoms with Gasteiger partial charge in [0, 0.05) is 38.1 Å². The third kappa shape index (κ3) is 7.47. The zero-order chi connectivity index (χ0) is 20.5. The average molecular weight is 546 g/mol. The van der Waals surface area contributed by atoms with Gasteiger partial charge in [0.25, 0.3) is 0 Å². The van der Waals surface area contributed by atoms with E-state index in [1.165, 1.54) is 17.0 Å². The van der Waals surface area contributed by atoms with Gasteiger partial charge in [0.2, 0.25) is 0 Å². The van der Waals surface area contributed by atoms with Crippen molar-refractivity contribution in [2.45, 2.75) is 19.4 Å². The molecule has 0 aliphatic carbocycles. The Bertz CT molecular complexity index is 751. The Morgan fingerprint density at radius 3 is 2.63 bits per heavy atom. The lowest BCUT2D eigenvalue weighted by Crippen LogP contribution is -2.42. The molecule has 8 heteroatoms. The molecule has 1 aliphatic rings. The van der Waals surface area contributed by atoms with Crippen LogP contribution in [-0.4, -0.2) is 68.7 Å². The molecule has 5 nitrogen and oxygen atoms in total. The van der Waals surface area contributed by atoms with Crippen LogP contribution in [0.4, 0.5) is 4.39 Å². The van der Waals surface area contributed by atoms with Crippen molar-refractivity contribution in [1.29, 1.82) is 0 Å². The van der Waals surface area contributed by atoms with Crippen LogP contribution >= 0.6 is 35.3 Å². The van der Waals surface area contributed by atoms with E-state index < -0.39 is 0 Å². The third-order valence-electron chi connectivity index (χ3n) is 5.13. The Hall–Kier alpha value is -1.23. The summed E-state index contributed by atoms with van der Waals surface area (Å²) in [6.45, 7) is 7.61. The molecule has 1 fully saturated rings. The van der Waals surface area contributed by atoms with Crippen LogP contribution in [0.2, 0.25) is 0 Å². The SMILES string of the molecule is CCNC(=NCC(c1ccc(F)cc1)N1CCOCC1)N(C)CCc1cccs1.I. The number of hydrogen-bond acceptors (Lipinski definition) is 4. The summed E-state index contributed by atoms with van der Waals surface area (Å²) < 4.78 is 19.0. The number of guanidine groups is 1. The quantitative estimate of drug-likeness (QED) is 0.309. The molecule has 0 radical (unpaired) electrons. The van der Waals surface area contributed by atoms with Crippen LogP contribution in [0.25, 0.3) is 0 Å². The zero-order valence-electron chi connectivity index (χ0n) is 17.7. The Balaban J connectivity index is 0.00000320. The van der Waals surface area contributed by atoms with Gasteiger partial charge in [0.15, 0.2) is 5.96 Å². The van der Waals surface area contributed by atoms with E-state index >= 15 is 0 Å². The molecule has 3 rings (SSSR count). The van der Waals surface area contributed by atoms with Crippen molar-refractivity contribution < 1.29 is 9.13 Å². The topological polar surface area (TPSA) is 40.1 Å². The van der Waals surface area contributed by atoms with Gasteiger partial charge in [-0.3, -0.25) is 9.89 Å². The van der Waals surface area contributed by atoms with Gasteiger partial charge in [-0.25, -0.2) is 4.39 Å². The number of morpholine rings is 1. The minimum atomic E-state index is -0.209. The van der Waals surface area contributed by atoms with Crippen LogP contribution < -0.4 is 5.32 Å². The minimum absolute atomic E-state index is 0. The van der Waals surface area contributed by atoms with E-state index in [2.05, 4.69) is 46.6 Å². The second kappa shape index (κ2) is 13.2. The van der Waals surface area contributed by atoms with E-state index in [9.17, 15) is 4.39 Å². The fourth-order valence-corrected chi connectivity index (χ4v) is 4.19. The second-order valence-corrected chi connectivity index (χ2v) is 8.19. The van der Waals surface area contributed by atoms with Crippen LogP contribution in [0.3, 0.4) is 0 Å². The lowest BCUT2D eigenvalue weighted by Gasteiger charge is -2.34. The normalized spacial score (nSPS) is 16.0. The van der Waals surface area contributed by atoms with Crippen molar-refractivity contribution in [1.82, 2.24) is 15.1 Å².